The molecule has 3 saturated heterocycles. The van der Waals surface area contributed by atoms with Crippen molar-refractivity contribution in [1.82, 2.24) is 15.5 Å². The fraction of sp³-hybridized carbons (Fsp3) is 0.875. The molecule has 3 N–H and O–H groups in total. The van der Waals surface area contributed by atoms with E-state index in [0.717, 1.165) is 32.1 Å². The maximum Gasteiger partial charge on any atom is 0.246 e. The highest BCUT2D eigenvalue weighted by molar-refractivity contribution is 5.99. The smallest absolute Gasteiger partial charge is 0.246 e. The molecule has 7 atom stereocenters. The number of aliphatic hydroxyl groups is 1. The van der Waals surface area contributed by atoms with Crippen molar-refractivity contribution in [2.24, 2.45) is 17.8 Å². The van der Waals surface area contributed by atoms with Gasteiger partial charge in [-0.2, -0.15) is 0 Å². The summed E-state index contributed by atoms with van der Waals surface area (Å²) in [6.07, 6.45) is 7.20. The number of carbonyl (C=O) groups is 3. The van der Waals surface area contributed by atoms with E-state index in [0.29, 0.717) is 12.8 Å². The minimum Gasteiger partial charge on any atom is -0.394 e. The number of fused-ring (bicyclic) bond motifs is 1. The monoisotopic (exact) mass is 449 g/mol. The number of carbonyl (C=O) groups excluding carboxylic acids is 3. The first kappa shape index (κ1) is 23.5. The van der Waals surface area contributed by atoms with Crippen LogP contribution >= 0.6 is 0 Å². The first-order valence-electron chi connectivity index (χ1n) is 12.4. The molecule has 0 aromatic carbocycles. The molecule has 3 amide bonds. The van der Waals surface area contributed by atoms with E-state index >= 15 is 0 Å². The summed E-state index contributed by atoms with van der Waals surface area (Å²) in [5, 5.41) is 16.2. The third kappa shape index (κ3) is 3.36. The lowest BCUT2D eigenvalue weighted by Gasteiger charge is -2.40. The van der Waals surface area contributed by atoms with Gasteiger partial charge in [-0.15, -0.1) is 0 Å². The van der Waals surface area contributed by atoms with Crippen molar-refractivity contribution in [3.05, 3.63) is 0 Å². The Bertz CT molecular complexity index is 769. The van der Waals surface area contributed by atoms with E-state index in [1.54, 1.807) is 11.9 Å². The highest BCUT2D eigenvalue weighted by atomic mass is 16.5. The average Bonchev–Trinajstić information content (AvgIpc) is 3.35. The molecule has 3 heterocycles. The van der Waals surface area contributed by atoms with Crippen LogP contribution in [0.25, 0.3) is 0 Å². The van der Waals surface area contributed by atoms with Crippen LogP contribution in [0.5, 0.6) is 0 Å². The number of amides is 3. The van der Waals surface area contributed by atoms with E-state index in [2.05, 4.69) is 10.6 Å². The van der Waals surface area contributed by atoms with E-state index in [9.17, 15) is 19.5 Å². The fourth-order valence-electron chi connectivity index (χ4n) is 6.92. The van der Waals surface area contributed by atoms with Gasteiger partial charge in [0.2, 0.25) is 17.7 Å². The first-order valence-corrected chi connectivity index (χ1v) is 12.4. The van der Waals surface area contributed by atoms with Gasteiger partial charge < -0.3 is 25.4 Å². The van der Waals surface area contributed by atoms with Gasteiger partial charge in [-0.3, -0.25) is 14.4 Å². The Balaban J connectivity index is 1.75. The lowest BCUT2D eigenvalue weighted by Crippen LogP contribution is -2.60. The van der Waals surface area contributed by atoms with E-state index in [4.69, 9.17) is 4.74 Å². The van der Waals surface area contributed by atoms with Crippen LogP contribution in [0, 0.1) is 17.8 Å². The van der Waals surface area contributed by atoms with Gasteiger partial charge in [-0.05, 0) is 38.5 Å². The molecule has 0 radical (unpaired) electrons. The first-order chi connectivity index (χ1) is 15.2. The number of hydrogen-bond donors (Lipinski definition) is 3. The maximum absolute atomic E-state index is 13.9. The predicted molar refractivity (Wildman–Crippen MR) is 118 cm³/mol. The van der Waals surface area contributed by atoms with Gasteiger partial charge in [0.25, 0.3) is 0 Å². The predicted octanol–water partition coefficient (Wildman–Crippen LogP) is 1.35. The molecule has 0 aromatic rings. The molecule has 180 valence electrons. The second-order valence-electron chi connectivity index (χ2n) is 10.6. The Morgan fingerprint density at radius 1 is 1.22 bits per heavy atom. The van der Waals surface area contributed by atoms with Crippen molar-refractivity contribution in [2.45, 2.75) is 101 Å². The van der Waals surface area contributed by atoms with Crippen molar-refractivity contribution in [3.8, 4) is 0 Å². The molecule has 32 heavy (non-hydrogen) atoms. The van der Waals surface area contributed by atoms with Crippen LogP contribution in [-0.4, -0.2) is 70.7 Å². The molecule has 3 aliphatic heterocycles. The molecule has 1 aliphatic carbocycles. The Morgan fingerprint density at radius 3 is 2.50 bits per heavy atom. The summed E-state index contributed by atoms with van der Waals surface area (Å²) in [4.78, 5) is 42.3. The van der Waals surface area contributed by atoms with Gasteiger partial charge >= 0.3 is 0 Å². The molecule has 1 spiro atoms. The van der Waals surface area contributed by atoms with Gasteiger partial charge in [0, 0.05) is 13.1 Å². The van der Waals surface area contributed by atoms with Crippen molar-refractivity contribution in [2.75, 3.05) is 13.7 Å². The second kappa shape index (κ2) is 8.60. The molecule has 1 saturated carbocycles. The van der Waals surface area contributed by atoms with E-state index in [1.165, 1.54) is 6.42 Å². The number of nitrogens with one attached hydrogen (secondary N) is 2. The Hall–Kier alpha value is -1.67. The lowest BCUT2D eigenvalue weighted by atomic mass is 9.66. The molecule has 8 nitrogen and oxygen atoms in total. The van der Waals surface area contributed by atoms with E-state index in [1.807, 2.05) is 20.8 Å². The molecule has 0 aromatic heterocycles. The zero-order valence-corrected chi connectivity index (χ0v) is 19.9. The maximum atomic E-state index is 13.9. The van der Waals surface area contributed by atoms with Crippen LogP contribution in [0.3, 0.4) is 0 Å². The summed E-state index contributed by atoms with van der Waals surface area (Å²) in [7, 11) is 1.57. The van der Waals surface area contributed by atoms with Crippen LogP contribution in [0.2, 0.25) is 0 Å². The van der Waals surface area contributed by atoms with Crippen molar-refractivity contribution < 1.29 is 24.2 Å². The normalized spacial score (nSPS) is 38.5. The highest BCUT2D eigenvalue weighted by Crippen LogP contribution is 2.63. The second-order valence-corrected chi connectivity index (χ2v) is 10.6. The van der Waals surface area contributed by atoms with Gasteiger partial charge in [-0.25, -0.2) is 0 Å². The SMILES string of the molecule is CC[C@H](C)[C@H](CO)N1C(=O)[C@@H]2[C@@H](C(=O)NC)[C@@]3(C)CCC2(O3)C1C(=O)NC1CCCCC1. The number of nitrogens with zero attached hydrogens (tertiary/aromatic N) is 1. The van der Waals surface area contributed by atoms with E-state index < -0.39 is 35.1 Å². The molecule has 2 bridgehead atoms. The van der Waals surface area contributed by atoms with Crippen LogP contribution in [-0.2, 0) is 19.1 Å². The standard InChI is InChI=1S/C24H39N3O5/c1-5-14(2)16(13-28)27-19(21(30)26-15-9-7-6-8-10-15)24-12-11-23(3,32-24)17(20(29)25-4)18(24)22(27)31/h14-19,28H,5-13H2,1-4H3,(H,25,29)(H,26,30)/t14-,16-,17-,18-,19?,23+,24?/m0/s1. The summed E-state index contributed by atoms with van der Waals surface area (Å²) in [6.45, 7) is 5.68. The Morgan fingerprint density at radius 2 is 1.91 bits per heavy atom. The van der Waals surface area contributed by atoms with Gasteiger partial charge in [0.1, 0.15) is 11.6 Å². The third-order valence-corrected chi connectivity index (χ3v) is 8.79. The summed E-state index contributed by atoms with van der Waals surface area (Å²) in [5.41, 5.74) is -1.79. The van der Waals surface area contributed by atoms with Crippen molar-refractivity contribution in [1.29, 1.82) is 0 Å². The number of rotatable bonds is 7. The zero-order valence-electron chi connectivity index (χ0n) is 19.9. The molecular formula is C24H39N3O5. The van der Waals surface area contributed by atoms with Gasteiger partial charge in [0.15, 0.2) is 0 Å². The van der Waals surface area contributed by atoms with Gasteiger partial charge in [0.05, 0.1) is 30.1 Å². The average molecular weight is 450 g/mol. The molecule has 8 heteroatoms. The Labute approximate surface area is 190 Å². The lowest BCUT2D eigenvalue weighted by molar-refractivity contribution is -0.151. The quantitative estimate of drug-likeness (QED) is 0.544. The van der Waals surface area contributed by atoms with Crippen molar-refractivity contribution >= 4 is 17.7 Å². The minimum atomic E-state index is -1.03. The number of hydrogen-bond acceptors (Lipinski definition) is 5. The fourth-order valence-corrected chi connectivity index (χ4v) is 6.92. The number of likely N-dealkylation sites (tertiary alicyclic amines) is 1. The molecule has 4 rings (SSSR count). The van der Waals surface area contributed by atoms with Crippen LogP contribution < -0.4 is 10.6 Å². The van der Waals surface area contributed by atoms with Crippen molar-refractivity contribution in [3.63, 3.8) is 0 Å². The molecule has 2 unspecified atom stereocenters. The minimum absolute atomic E-state index is 0.00963. The Kier molecular flexibility index (Phi) is 6.31. The number of aliphatic hydroxyl groups excluding tert-OH is 1. The van der Waals surface area contributed by atoms with Crippen LogP contribution in [0.1, 0.15) is 72.1 Å². The summed E-state index contributed by atoms with van der Waals surface area (Å²) < 4.78 is 6.57. The van der Waals surface area contributed by atoms with Crippen LogP contribution in [0.4, 0.5) is 0 Å². The summed E-state index contributed by atoms with van der Waals surface area (Å²) in [5.74, 6) is -1.98. The molecule has 4 aliphatic rings. The molecular weight excluding hydrogens is 410 g/mol. The van der Waals surface area contributed by atoms with Crippen LogP contribution in [0.15, 0.2) is 0 Å². The zero-order chi connectivity index (χ0) is 23.3. The topological polar surface area (TPSA) is 108 Å². The third-order valence-electron chi connectivity index (χ3n) is 8.79. The van der Waals surface area contributed by atoms with Gasteiger partial charge in [-0.1, -0.05) is 39.5 Å². The highest BCUT2D eigenvalue weighted by Gasteiger charge is 2.78. The molecule has 4 fully saturated rings. The number of ether oxygens (including phenoxy) is 1. The summed E-state index contributed by atoms with van der Waals surface area (Å²) >= 11 is 0. The summed E-state index contributed by atoms with van der Waals surface area (Å²) in [6, 6.07) is -1.22. The largest absolute Gasteiger partial charge is 0.394 e. The van der Waals surface area contributed by atoms with E-state index in [-0.39, 0.29) is 36.3 Å².